The van der Waals surface area contributed by atoms with Crippen molar-refractivity contribution in [2.75, 3.05) is 6.54 Å². The van der Waals surface area contributed by atoms with Gasteiger partial charge in [0.15, 0.2) is 0 Å². The molecule has 0 amide bonds. The summed E-state index contributed by atoms with van der Waals surface area (Å²) in [7, 11) is 0. The third kappa shape index (κ3) is 3.53. The Hall–Kier alpha value is -2.06. The van der Waals surface area contributed by atoms with Crippen LogP contribution in [0.4, 0.5) is 0 Å². The topological polar surface area (TPSA) is 27.8 Å². The second-order valence-electron chi connectivity index (χ2n) is 5.79. The van der Waals surface area contributed by atoms with Crippen molar-refractivity contribution in [1.29, 1.82) is 0 Å². The van der Waals surface area contributed by atoms with Crippen molar-refractivity contribution in [2.45, 2.75) is 19.9 Å². The molecule has 2 aromatic carbocycles. The summed E-state index contributed by atoms with van der Waals surface area (Å²) in [6, 6.07) is 19.1. The SMILES string of the molecule is C[C@@H](CNCc1ccccc1)Cc1c[nH]c2ccccc12. The monoisotopic (exact) mass is 278 g/mol. The molecular weight excluding hydrogens is 256 g/mol. The number of benzene rings is 2. The van der Waals surface area contributed by atoms with Gasteiger partial charge in [0.25, 0.3) is 0 Å². The van der Waals surface area contributed by atoms with Gasteiger partial charge in [0, 0.05) is 23.6 Å². The first-order valence-corrected chi connectivity index (χ1v) is 7.62. The largest absolute Gasteiger partial charge is 0.361 e. The fraction of sp³-hybridized carbons (Fsp3) is 0.263. The Morgan fingerprint density at radius 2 is 1.76 bits per heavy atom. The molecule has 0 spiro atoms. The molecule has 2 N–H and O–H groups in total. The van der Waals surface area contributed by atoms with E-state index in [-0.39, 0.29) is 0 Å². The summed E-state index contributed by atoms with van der Waals surface area (Å²) in [5, 5.41) is 4.91. The molecule has 1 atom stereocenters. The number of para-hydroxylation sites is 1. The van der Waals surface area contributed by atoms with Gasteiger partial charge in [-0.3, -0.25) is 0 Å². The van der Waals surface area contributed by atoms with Gasteiger partial charge in [-0.25, -0.2) is 0 Å². The number of aromatic amines is 1. The summed E-state index contributed by atoms with van der Waals surface area (Å²) in [5.41, 5.74) is 3.99. The molecule has 108 valence electrons. The van der Waals surface area contributed by atoms with Crippen LogP contribution in [0.3, 0.4) is 0 Å². The highest BCUT2D eigenvalue weighted by atomic mass is 14.9. The summed E-state index contributed by atoms with van der Waals surface area (Å²) >= 11 is 0. The highest BCUT2D eigenvalue weighted by molar-refractivity contribution is 5.83. The Kier molecular flexibility index (Phi) is 4.37. The van der Waals surface area contributed by atoms with E-state index in [4.69, 9.17) is 0 Å². The summed E-state index contributed by atoms with van der Waals surface area (Å²) < 4.78 is 0. The smallest absolute Gasteiger partial charge is 0.0456 e. The fourth-order valence-corrected chi connectivity index (χ4v) is 2.81. The van der Waals surface area contributed by atoms with Crippen molar-refractivity contribution in [3.8, 4) is 0 Å². The van der Waals surface area contributed by atoms with Crippen LogP contribution in [0, 0.1) is 5.92 Å². The maximum atomic E-state index is 3.55. The van der Waals surface area contributed by atoms with E-state index in [2.05, 4.69) is 78.0 Å². The molecule has 2 heteroatoms. The van der Waals surface area contributed by atoms with Crippen molar-refractivity contribution in [3.05, 3.63) is 71.9 Å². The molecule has 0 aliphatic rings. The molecule has 0 aliphatic carbocycles. The van der Waals surface area contributed by atoms with Gasteiger partial charge in [-0.1, -0.05) is 55.5 Å². The predicted molar refractivity (Wildman–Crippen MR) is 89.3 cm³/mol. The Morgan fingerprint density at radius 1 is 1.00 bits per heavy atom. The zero-order valence-corrected chi connectivity index (χ0v) is 12.5. The molecular formula is C19H22N2. The highest BCUT2D eigenvalue weighted by Crippen LogP contribution is 2.20. The van der Waals surface area contributed by atoms with Gasteiger partial charge in [0.2, 0.25) is 0 Å². The lowest BCUT2D eigenvalue weighted by Crippen LogP contribution is -2.22. The number of hydrogen-bond donors (Lipinski definition) is 2. The van der Waals surface area contributed by atoms with Crippen LogP contribution < -0.4 is 5.32 Å². The van der Waals surface area contributed by atoms with Crippen LogP contribution in [0.15, 0.2) is 60.8 Å². The summed E-state index contributed by atoms with van der Waals surface area (Å²) in [6.45, 7) is 4.28. The number of fused-ring (bicyclic) bond motifs is 1. The molecule has 0 radical (unpaired) electrons. The van der Waals surface area contributed by atoms with E-state index in [1.165, 1.54) is 22.0 Å². The van der Waals surface area contributed by atoms with Crippen molar-refractivity contribution in [3.63, 3.8) is 0 Å². The number of rotatable bonds is 6. The summed E-state index contributed by atoms with van der Waals surface area (Å²) in [5.74, 6) is 0.618. The molecule has 1 heterocycles. The standard InChI is InChI=1S/C19H22N2/c1-15(12-20-13-16-7-3-2-4-8-16)11-17-14-21-19-10-6-5-9-18(17)19/h2-10,14-15,20-21H,11-13H2,1H3/t15-/m1/s1. The molecule has 3 aromatic rings. The molecule has 0 fully saturated rings. The van der Waals surface area contributed by atoms with Gasteiger partial charge < -0.3 is 10.3 Å². The summed E-state index contributed by atoms with van der Waals surface area (Å²) in [6.07, 6.45) is 3.25. The van der Waals surface area contributed by atoms with Crippen LogP contribution in [0.25, 0.3) is 10.9 Å². The number of H-pyrrole nitrogens is 1. The first-order chi connectivity index (χ1) is 10.3. The van der Waals surface area contributed by atoms with E-state index in [0.29, 0.717) is 5.92 Å². The lowest BCUT2D eigenvalue weighted by Gasteiger charge is -2.12. The Morgan fingerprint density at radius 3 is 2.62 bits per heavy atom. The average molecular weight is 278 g/mol. The zero-order valence-electron chi connectivity index (χ0n) is 12.5. The van der Waals surface area contributed by atoms with Crippen LogP contribution in [-0.2, 0) is 13.0 Å². The maximum absolute atomic E-state index is 3.55. The second kappa shape index (κ2) is 6.59. The zero-order chi connectivity index (χ0) is 14.5. The normalized spacial score (nSPS) is 12.6. The first-order valence-electron chi connectivity index (χ1n) is 7.62. The van der Waals surface area contributed by atoms with Gasteiger partial charge >= 0.3 is 0 Å². The van der Waals surface area contributed by atoms with Gasteiger partial charge in [0.05, 0.1) is 0 Å². The van der Waals surface area contributed by atoms with Crippen molar-refractivity contribution < 1.29 is 0 Å². The number of hydrogen-bond acceptors (Lipinski definition) is 1. The van der Waals surface area contributed by atoms with Crippen molar-refractivity contribution in [1.82, 2.24) is 10.3 Å². The summed E-state index contributed by atoms with van der Waals surface area (Å²) in [4.78, 5) is 3.36. The van der Waals surface area contributed by atoms with E-state index in [0.717, 1.165) is 19.5 Å². The molecule has 0 unspecified atom stereocenters. The van der Waals surface area contributed by atoms with Crippen molar-refractivity contribution >= 4 is 10.9 Å². The molecule has 0 saturated carbocycles. The molecule has 1 aromatic heterocycles. The van der Waals surface area contributed by atoms with Crippen LogP contribution >= 0.6 is 0 Å². The first kappa shape index (κ1) is 13.9. The Balaban J connectivity index is 1.53. The molecule has 0 saturated heterocycles. The number of aromatic nitrogens is 1. The van der Waals surface area contributed by atoms with Crippen LogP contribution in [-0.4, -0.2) is 11.5 Å². The third-order valence-electron chi connectivity index (χ3n) is 3.91. The van der Waals surface area contributed by atoms with E-state index in [9.17, 15) is 0 Å². The fourth-order valence-electron chi connectivity index (χ4n) is 2.81. The molecule has 21 heavy (non-hydrogen) atoms. The van der Waals surface area contributed by atoms with E-state index in [1.54, 1.807) is 0 Å². The van der Waals surface area contributed by atoms with E-state index in [1.807, 2.05) is 0 Å². The predicted octanol–water partition coefficient (Wildman–Crippen LogP) is 4.14. The maximum Gasteiger partial charge on any atom is 0.0456 e. The third-order valence-corrected chi connectivity index (χ3v) is 3.91. The van der Waals surface area contributed by atoms with Gasteiger partial charge in [0.1, 0.15) is 0 Å². The number of nitrogens with one attached hydrogen (secondary N) is 2. The Bertz CT molecular complexity index is 685. The average Bonchev–Trinajstić information content (AvgIpc) is 2.92. The van der Waals surface area contributed by atoms with Crippen LogP contribution in [0.2, 0.25) is 0 Å². The molecule has 0 bridgehead atoms. The molecule has 0 aliphatic heterocycles. The lowest BCUT2D eigenvalue weighted by molar-refractivity contribution is 0.512. The van der Waals surface area contributed by atoms with Crippen molar-refractivity contribution in [2.24, 2.45) is 5.92 Å². The minimum atomic E-state index is 0.618. The Labute approximate surface area is 126 Å². The quantitative estimate of drug-likeness (QED) is 0.697. The van der Waals surface area contributed by atoms with E-state index < -0.39 is 0 Å². The second-order valence-corrected chi connectivity index (χ2v) is 5.79. The van der Waals surface area contributed by atoms with Crippen LogP contribution in [0.1, 0.15) is 18.1 Å². The van der Waals surface area contributed by atoms with Gasteiger partial charge in [-0.2, -0.15) is 0 Å². The molecule has 2 nitrogen and oxygen atoms in total. The minimum absolute atomic E-state index is 0.618. The van der Waals surface area contributed by atoms with Gasteiger partial charge in [-0.15, -0.1) is 0 Å². The van der Waals surface area contributed by atoms with Crippen LogP contribution in [0.5, 0.6) is 0 Å². The van der Waals surface area contributed by atoms with Gasteiger partial charge in [-0.05, 0) is 36.1 Å². The minimum Gasteiger partial charge on any atom is -0.361 e. The highest BCUT2D eigenvalue weighted by Gasteiger charge is 2.08. The lowest BCUT2D eigenvalue weighted by atomic mass is 10.0. The molecule has 3 rings (SSSR count). The van der Waals surface area contributed by atoms with E-state index >= 15 is 0 Å².